The molecule has 0 unspecified atom stereocenters. The summed E-state index contributed by atoms with van der Waals surface area (Å²) in [4.78, 5) is 17.5. The maximum absolute atomic E-state index is 11.9. The minimum Gasteiger partial charge on any atom is -0.338 e. The second-order valence-corrected chi connectivity index (χ2v) is 7.68. The molecule has 0 saturated carbocycles. The normalized spacial score (nSPS) is 10.4. The van der Waals surface area contributed by atoms with Gasteiger partial charge in [0.25, 0.3) is 0 Å². The molecule has 0 spiro atoms. The highest BCUT2D eigenvalue weighted by molar-refractivity contribution is 8.01. The number of urea groups is 1. The van der Waals surface area contributed by atoms with Gasteiger partial charge in [-0.25, -0.2) is 9.78 Å². The topological polar surface area (TPSA) is 54.0 Å². The molecule has 6 heteroatoms. The first-order valence-electron chi connectivity index (χ1n) is 7.98. The molecule has 0 atom stereocenters. The molecule has 2 N–H and O–H groups in total. The fourth-order valence-electron chi connectivity index (χ4n) is 2.23. The monoisotopic (exact) mass is 369 g/mol. The highest BCUT2D eigenvalue weighted by Gasteiger charge is 2.04. The zero-order chi connectivity index (χ0) is 17.5. The summed E-state index contributed by atoms with van der Waals surface area (Å²) in [5, 5.41) is 7.76. The van der Waals surface area contributed by atoms with E-state index in [1.165, 1.54) is 5.56 Å². The molecule has 0 saturated heterocycles. The molecule has 0 aliphatic heterocycles. The molecule has 0 fully saturated rings. The number of carbonyl (C=O) groups is 1. The molecule has 4 nitrogen and oxygen atoms in total. The van der Waals surface area contributed by atoms with Crippen LogP contribution in [0.3, 0.4) is 0 Å². The third-order valence-corrected chi connectivity index (χ3v) is 5.52. The van der Waals surface area contributed by atoms with Gasteiger partial charge in [0.2, 0.25) is 0 Å². The molecular weight excluding hydrogens is 350 g/mol. The number of aryl methyl sites for hydroxylation is 1. The summed E-state index contributed by atoms with van der Waals surface area (Å²) < 4.78 is 1.02. The number of anilines is 1. The molecule has 2 amide bonds. The maximum atomic E-state index is 11.9. The first-order chi connectivity index (χ1) is 12.2. The maximum Gasteiger partial charge on any atom is 0.319 e. The van der Waals surface area contributed by atoms with Crippen LogP contribution in [-0.2, 0) is 6.42 Å². The van der Waals surface area contributed by atoms with Crippen molar-refractivity contribution in [3.8, 4) is 0 Å². The lowest BCUT2D eigenvalue weighted by molar-refractivity contribution is 0.252. The molecule has 0 radical (unpaired) electrons. The molecule has 2 aromatic carbocycles. The van der Waals surface area contributed by atoms with Crippen LogP contribution in [0.4, 0.5) is 10.5 Å². The fraction of sp³-hybridized carbons (Fsp3) is 0.158. The van der Waals surface area contributed by atoms with Crippen LogP contribution in [0, 0.1) is 6.92 Å². The van der Waals surface area contributed by atoms with E-state index >= 15 is 0 Å². The Balaban J connectivity index is 1.45. The fourth-order valence-corrected chi connectivity index (χ4v) is 4.04. The summed E-state index contributed by atoms with van der Waals surface area (Å²) in [5.74, 6) is 0. The van der Waals surface area contributed by atoms with Gasteiger partial charge < -0.3 is 10.6 Å². The van der Waals surface area contributed by atoms with E-state index in [0.717, 1.165) is 27.0 Å². The van der Waals surface area contributed by atoms with Gasteiger partial charge in [-0.3, -0.25) is 0 Å². The summed E-state index contributed by atoms with van der Waals surface area (Å²) in [7, 11) is 0. The van der Waals surface area contributed by atoms with Crippen molar-refractivity contribution in [3.05, 3.63) is 71.2 Å². The highest BCUT2D eigenvalue weighted by Crippen LogP contribution is 2.30. The summed E-state index contributed by atoms with van der Waals surface area (Å²) in [6, 6.07) is 17.7. The first kappa shape index (κ1) is 17.5. The van der Waals surface area contributed by atoms with Crippen molar-refractivity contribution in [3.63, 3.8) is 0 Å². The number of aromatic nitrogens is 1. The van der Waals surface area contributed by atoms with Crippen molar-refractivity contribution in [1.82, 2.24) is 10.3 Å². The van der Waals surface area contributed by atoms with Crippen LogP contribution in [0.25, 0.3) is 0 Å². The van der Waals surface area contributed by atoms with Crippen LogP contribution >= 0.6 is 23.1 Å². The van der Waals surface area contributed by atoms with Crippen molar-refractivity contribution >= 4 is 34.8 Å². The predicted octanol–water partition coefficient (Wildman–Crippen LogP) is 4.97. The van der Waals surface area contributed by atoms with Crippen molar-refractivity contribution < 1.29 is 4.79 Å². The van der Waals surface area contributed by atoms with Gasteiger partial charge in [0.1, 0.15) is 0 Å². The Bertz CT molecular complexity index is 816. The number of hydrogen-bond acceptors (Lipinski definition) is 4. The Kier molecular flexibility index (Phi) is 6.09. The SMILES string of the molecule is Cc1csc(Sc2ccc(NC(=O)NCCc3ccccc3)cc2)n1. The van der Waals surface area contributed by atoms with Gasteiger partial charge >= 0.3 is 6.03 Å². The molecule has 0 aliphatic rings. The van der Waals surface area contributed by atoms with E-state index in [0.29, 0.717) is 6.54 Å². The average Bonchev–Trinajstić information content (AvgIpc) is 3.02. The molecule has 3 aromatic rings. The third kappa shape index (κ3) is 5.62. The van der Waals surface area contributed by atoms with Gasteiger partial charge in [0.15, 0.2) is 4.34 Å². The van der Waals surface area contributed by atoms with Crippen LogP contribution < -0.4 is 10.6 Å². The third-order valence-electron chi connectivity index (χ3n) is 3.46. The number of rotatable bonds is 6. The zero-order valence-electron chi connectivity index (χ0n) is 13.9. The number of hydrogen-bond donors (Lipinski definition) is 2. The molecule has 25 heavy (non-hydrogen) atoms. The molecule has 0 bridgehead atoms. The van der Waals surface area contributed by atoms with E-state index in [4.69, 9.17) is 0 Å². The summed E-state index contributed by atoms with van der Waals surface area (Å²) in [5.41, 5.74) is 3.02. The number of nitrogens with zero attached hydrogens (tertiary/aromatic N) is 1. The summed E-state index contributed by atoms with van der Waals surface area (Å²) in [6.07, 6.45) is 0.817. The highest BCUT2D eigenvalue weighted by atomic mass is 32.2. The summed E-state index contributed by atoms with van der Waals surface area (Å²) in [6.45, 7) is 2.59. The van der Waals surface area contributed by atoms with Gasteiger partial charge in [-0.15, -0.1) is 11.3 Å². The number of amides is 2. The quantitative estimate of drug-likeness (QED) is 0.645. The van der Waals surface area contributed by atoms with Crippen LogP contribution in [0.15, 0.2) is 69.2 Å². The van der Waals surface area contributed by atoms with Gasteiger partial charge in [-0.2, -0.15) is 0 Å². The second kappa shape index (κ2) is 8.69. The van der Waals surface area contributed by atoms with Crippen molar-refractivity contribution in [2.75, 3.05) is 11.9 Å². The smallest absolute Gasteiger partial charge is 0.319 e. The van der Waals surface area contributed by atoms with Gasteiger partial charge in [0.05, 0.1) is 0 Å². The lowest BCUT2D eigenvalue weighted by Gasteiger charge is -2.08. The molecule has 0 aliphatic carbocycles. The summed E-state index contributed by atoms with van der Waals surface area (Å²) >= 11 is 3.27. The van der Waals surface area contributed by atoms with E-state index < -0.39 is 0 Å². The van der Waals surface area contributed by atoms with Crippen LogP contribution in [0.2, 0.25) is 0 Å². The minimum absolute atomic E-state index is 0.188. The zero-order valence-corrected chi connectivity index (χ0v) is 15.5. The Hall–Kier alpha value is -2.31. The van der Waals surface area contributed by atoms with Crippen LogP contribution in [-0.4, -0.2) is 17.6 Å². The van der Waals surface area contributed by atoms with E-state index in [-0.39, 0.29) is 6.03 Å². The average molecular weight is 370 g/mol. The molecule has 1 aromatic heterocycles. The lowest BCUT2D eigenvalue weighted by Crippen LogP contribution is -2.30. The molecular formula is C19H19N3OS2. The van der Waals surface area contributed by atoms with Gasteiger partial charge in [0, 0.05) is 28.2 Å². The number of benzene rings is 2. The Labute approximate surface area is 155 Å². The standard InChI is InChI=1S/C19H19N3OS2/c1-14-13-24-19(21-14)25-17-9-7-16(8-10-17)22-18(23)20-12-11-15-5-3-2-4-6-15/h2-10,13H,11-12H2,1H3,(H2,20,22,23). The Morgan fingerprint density at radius 2 is 1.88 bits per heavy atom. The lowest BCUT2D eigenvalue weighted by atomic mass is 10.1. The Morgan fingerprint density at radius 3 is 2.56 bits per heavy atom. The van der Waals surface area contributed by atoms with E-state index in [9.17, 15) is 4.79 Å². The number of thiazole rings is 1. The largest absolute Gasteiger partial charge is 0.338 e. The van der Waals surface area contributed by atoms with Crippen molar-refractivity contribution in [1.29, 1.82) is 0 Å². The Morgan fingerprint density at radius 1 is 1.12 bits per heavy atom. The van der Waals surface area contributed by atoms with Crippen LogP contribution in [0.5, 0.6) is 0 Å². The first-order valence-corrected chi connectivity index (χ1v) is 9.67. The van der Waals surface area contributed by atoms with Crippen molar-refractivity contribution in [2.24, 2.45) is 0 Å². The van der Waals surface area contributed by atoms with E-state index in [2.05, 4.69) is 27.8 Å². The second-order valence-electron chi connectivity index (χ2n) is 5.50. The van der Waals surface area contributed by atoms with Crippen LogP contribution in [0.1, 0.15) is 11.3 Å². The molecule has 3 rings (SSSR count). The van der Waals surface area contributed by atoms with E-state index in [1.54, 1.807) is 23.1 Å². The number of carbonyl (C=O) groups excluding carboxylic acids is 1. The van der Waals surface area contributed by atoms with E-state index in [1.807, 2.05) is 54.8 Å². The molecule has 128 valence electrons. The van der Waals surface area contributed by atoms with Gasteiger partial charge in [-0.05, 0) is 43.2 Å². The molecule has 1 heterocycles. The predicted molar refractivity (Wildman–Crippen MR) is 105 cm³/mol. The minimum atomic E-state index is -0.188. The van der Waals surface area contributed by atoms with Crippen molar-refractivity contribution in [2.45, 2.75) is 22.6 Å². The number of nitrogens with one attached hydrogen (secondary N) is 2. The van der Waals surface area contributed by atoms with Gasteiger partial charge in [-0.1, -0.05) is 42.1 Å².